The minimum absolute atomic E-state index is 0.128. The standard InChI is InChI=1S/C30H35N3O/c34-30(28-17-10-18-31(24-28)23-25-11-4-1-5-12-25)33-21-19-32(20-22-33)29(26-13-6-2-7-14-26)27-15-8-3-9-16-27/h1-9,11-16,28-29H,10,17-24H2/t28-/m1/s1. The third kappa shape index (κ3) is 5.40. The van der Waals surface area contributed by atoms with Crippen molar-refractivity contribution in [2.75, 3.05) is 39.3 Å². The lowest BCUT2D eigenvalue weighted by atomic mass is 9.94. The molecule has 0 aliphatic carbocycles. The van der Waals surface area contributed by atoms with Gasteiger partial charge in [-0.25, -0.2) is 0 Å². The van der Waals surface area contributed by atoms with Crippen LogP contribution in [0.1, 0.15) is 35.6 Å². The summed E-state index contributed by atoms with van der Waals surface area (Å²) in [7, 11) is 0. The van der Waals surface area contributed by atoms with Crippen LogP contribution in [0, 0.1) is 5.92 Å². The van der Waals surface area contributed by atoms with Crippen LogP contribution in [-0.2, 0) is 11.3 Å². The van der Waals surface area contributed by atoms with Crippen LogP contribution in [0.3, 0.4) is 0 Å². The highest BCUT2D eigenvalue weighted by atomic mass is 16.2. The molecule has 0 spiro atoms. The van der Waals surface area contributed by atoms with E-state index in [1.807, 2.05) is 0 Å². The zero-order chi connectivity index (χ0) is 23.2. The molecule has 1 amide bonds. The molecule has 2 aliphatic heterocycles. The lowest BCUT2D eigenvalue weighted by Gasteiger charge is -2.42. The van der Waals surface area contributed by atoms with Crippen molar-refractivity contribution >= 4 is 5.91 Å². The van der Waals surface area contributed by atoms with Crippen LogP contribution in [0.5, 0.6) is 0 Å². The van der Waals surface area contributed by atoms with Crippen LogP contribution in [0.25, 0.3) is 0 Å². The molecule has 0 bridgehead atoms. The van der Waals surface area contributed by atoms with Gasteiger partial charge in [0.05, 0.1) is 12.0 Å². The predicted molar refractivity (Wildman–Crippen MR) is 137 cm³/mol. The van der Waals surface area contributed by atoms with Crippen LogP contribution >= 0.6 is 0 Å². The minimum atomic E-state index is 0.128. The number of piperidine rings is 1. The van der Waals surface area contributed by atoms with Gasteiger partial charge >= 0.3 is 0 Å². The van der Waals surface area contributed by atoms with Crippen molar-refractivity contribution in [1.82, 2.24) is 14.7 Å². The fourth-order valence-electron chi connectivity index (χ4n) is 5.59. The second kappa shape index (κ2) is 11.0. The normalized spacial score (nSPS) is 19.9. The van der Waals surface area contributed by atoms with E-state index in [1.165, 1.54) is 16.7 Å². The number of likely N-dealkylation sites (tertiary alicyclic amines) is 1. The Kier molecular flexibility index (Phi) is 7.37. The van der Waals surface area contributed by atoms with Gasteiger partial charge in [0.15, 0.2) is 0 Å². The van der Waals surface area contributed by atoms with Crippen LogP contribution < -0.4 is 0 Å². The van der Waals surface area contributed by atoms with Gasteiger partial charge in [-0.15, -0.1) is 0 Å². The molecule has 2 heterocycles. The summed E-state index contributed by atoms with van der Waals surface area (Å²) < 4.78 is 0. The van der Waals surface area contributed by atoms with Gasteiger partial charge in [0, 0.05) is 39.3 Å². The van der Waals surface area contributed by atoms with E-state index in [4.69, 9.17) is 0 Å². The van der Waals surface area contributed by atoms with Gasteiger partial charge in [-0.1, -0.05) is 91.0 Å². The molecular weight excluding hydrogens is 418 g/mol. The summed E-state index contributed by atoms with van der Waals surface area (Å²) in [5.41, 5.74) is 3.96. The largest absolute Gasteiger partial charge is 0.340 e. The molecule has 3 aromatic rings. The average Bonchev–Trinajstić information content (AvgIpc) is 2.91. The molecule has 4 nitrogen and oxygen atoms in total. The van der Waals surface area contributed by atoms with Crippen molar-refractivity contribution in [3.05, 3.63) is 108 Å². The number of piperazine rings is 1. The molecule has 2 saturated heterocycles. The first-order chi connectivity index (χ1) is 16.8. The lowest BCUT2D eigenvalue weighted by molar-refractivity contribution is -0.139. The van der Waals surface area contributed by atoms with Gasteiger partial charge in [-0.3, -0.25) is 14.6 Å². The first kappa shape index (κ1) is 22.8. The summed E-state index contributed by atoms with van der Waals surface area (Å²) in [6.07, 6.45) is 2.12. The number of benzene rings is 3. The van der Waals surface area contributed by atoms with Gasteiger partial charge < -0.3 is 4.90 Å². The van der Waals surface area contributed by atoms with Crippen LogP contribution in [0.4, 0.5) is 0 Å². The fraction of sp³-hybridized carbons (Fsp3) is 0.367. The zero-order valence-corrected chi connectivity index (χ0v) is 19.9. The van der Waals surface area contributed by atoms with Gasteiger partial charge in [0.1, 0.15) is 0 Å². The van der Waals surface area contributed by atoms with Crippen molar-refractivity contribution in [2.24, 2.45) is 5.92 Å². The zero-order valence-electron chi connectivity index (χ0n) is 19.9. The molecule has 4 heteroatoms. The van der Waals surface area contributed by atoms with Crippen molar-refractivity contribution in [3.8, 4) is 0 Å². The second-order valence-electron chi connectivity index (χ2n) is 9.65. The summed E-state index contributed by atoms with van der Waals surface area (Å²) >= 11 is 0. The van der Waals surface area contributed by atoms with E-state index in [-0.39, 0.29) is 12.0 Å². The smallest absolute Gasteiger partial charge is 0.227 e. The maximum Gasteiger partial charge on any atom is 0.227 e. The first-order valence-electron chi connectivity index (χ1n) is 12.7. The predicted octanol–water partition coefficient (Wildman–Crippen LogP) is 4.83. The van der Waals surface area contributed by atoms with E-state index in [1.54, 1.807) is 0 Å². The first-order valence-corrected chi connectivity index (χ1v) is 12.7. The number of nitrogens with zero attached hydrogens (tertiary/aromatic N) is 3. The molecule has 2 fully saturated rings. The van der Waals surface area contributed by atoms with Crippen molar-refractivity contribution in [1.29, 1.82) is 0 Å². The molecule has 0 radical (unpaired) electrons. The second-order valence-corrected chi connectivity index (χ2v) is 9.65. The SMILES string of the molecule is O=C([C@@H]1CCCN(Cc2ccccc2)C1)N1CCN(C(c2ccccc2)c2ccccc2)CC1. The number of amides is 1. The van der Waals surface area contributed by atoms with E-state index in [9.17, 15) is 4.79 Å². The van der Waals surface area contributed by atoms with Gasteiger partial charge in [-0.05, 0) is 36.1 Å². The number of hydrogen-bond donors (Lipinski definition) is 0. The van der Waals surface area contributed by atoms with E-state index < -0.39 is 0 Å². The van der Waals surface area contributed by atoms with E-state index in [2.05, 4.69) is 106 Å². The van der Waals surface area contributed by atoms with Gasteiger partial charge in [-0.2, -0.15) is 0 Å². The summed E-state index contributed by atoms with van der Waals surface area (Å²) in [6, 6.07) is 32.4. The van der Waals surface area contributed by atoms with Crippen molar-refractivity contribution in [3.63, 3.8) is 0 Å². The molecule has 2 aliphatic rings. The lowest BCUT2D eigenvalue weighted by Crippen LogP contribution is -2.53. The number of hydrogen-bond acceptors (Lipinski definition) is 3. The topological polar surface area (TPSA) is 26.8 Å². The Balaban J connectivity index is 1.21. The molecule has 0 aromatic heterocycles. The Labute approximate surface area is 203 Å². The molecule has 0 saturated carbocycles. The van der Waals surface area contributed by atoms with Crippen LogP contribution in [0.2, 0.25) is 0 Å². The number of carbonyl (C=O) groups excluding carboxylic acids is 1. The molecule has 176 valence electrons. The molecular formula is C30H35N3O. The Morgan fingerprint density at radius 2 is 1.29 bits per heavy atom. The molecule has 1 atom stereocenters. The Bertz CT molecular complexity index is 993. The maximum atomic E-state index is 13.4. The van der Waals surface area contributed by atoms with E-state index in [0.717, 1.165) is 58.7 Å². The Morgan fingerprint density at radius 1 is 0.735 bits per heavy atom. The highest BCUT2D eigenvalue weighted by molar-refractivity contribution is 5.79. The quantitative estimate of drug-likeness (QED) is 0.535. The average molecular weight is 454 g/mol. The third-order valence-electron chi connectivity index (χ3n) is 7.33. The Morgan fingerprint density at radius 3 is 1.88 bits per heavy atom. The van der Waals surface area contributed by atoms with Gasteiger partial charge in [0.2, 0.25) is 5.91 Å². The van der Waals surface area contributed by atoms with Crippen LogP contribution in [0.15, 0.2) is 91.0 Å². The van der Waals surface area contributed by atoms with Gasteiger partial charge in [0.25, 0.3) is 0 Å². The molecule has 34 heavy (non-hydrogen) atoms. The summed E-state index contributed by atoms with van der Waals surface area (Å²) in [5.74, 6) is 0.483. The Hall–Kier alpha value is -2.95. The molecule has 5 rings (SSSR count). The molecule has 0 unspecified atom stereocenters. The van der Waals surface area contributed by atoms with E-state index in [0.29, 0.717) is 5.91 Å². The van der Waals surface area contributed by atoms with E-state index >= 15 is 0 Å². The van der Waals surface area contributed by atoms with Crippen LogP contribution in [-0.4, -0.2) is 59.9 Å². The third-order valence-corrected chi connectivity index (χ3v) is 7.33. The monoisotopic (exact) mass is 453 g/mol. The van der Waals surface area contributed by atoms with Crippen molar-refractivity contribution in [2.45, 2.75) is 25.4 Å². The minimum Gasteiger partial charge on any atom is -0.340 e. The summed E-state index contributed by atoms with van der Waals surface area (Å²) in [5, 5.41) is 0. The number of carbonyl (C=O) groups is 1. The fourth-order valence-corrected chi connectivity index (χ4v) is 5.59. The van der Waals surface area contributed by atoms with Crippen molar-refractivity contribution < 1.29 is 4.79 Å². The summed E-state index contributed by atoms with van der Waals surface area (Å²) in [4.78, 5) is 20.6. The highest BCUT2D eigenvalue weighted by Gasteiger charge is 2.33. The summed E-state index contributed by atoms with van der Waals surface area (Å²) in [6.45, 7) is 6.33. The molecule has 0 N–H and O–H groups in total. The number of rotatable bonds is 6. The molecule has 3 aromatic carbocycles. The highest BCUT2D eigenvalue weighted by Crippen LogP contribution is 2.30. The maximum absolute atomic E-state index is 13.4.